The van der Waals surface area contributed by atoms with Gasteiger partial charge in [0.1, 0.15) is 11.6 Å². The molecule has 122 valence electrons. The maximum Gasteiger partial charge on any atom is 0.323 e. The van der Waals surface area contributed by atoms with Gasteiger partial charge < -0.3 is 9.64 Å². The molecule has 1 atom stereocenters. The SMILES string of the molecule is COc1ccc([C@@H]2CCN(C(=O)Nc3cc(C)nn3C)C2)cc1. The summed E-state index contributed by atoms with van der Waals surface area (Å²) < 4.78 is 6.87. The molecule has 2 heterocycles. The van der Waals surface area contributed by atoms with E-state index in [0.29, 0.717) is 5.92 Å². The molecule has 6 heteroatoms. The van der Waals surface area contributed by atoms with E-state index in [1.54, 1.807) is 11.8 Å². The van der Waals surface area contributed by atoms with Gasteiger partial charge in [0.2, 0.25) is 0 Å². The molecule has 1 aliphatic heterocycles. The van der Waals surface area contributed by atoms with Gasteiger partial charge in [-0.1, -0.05) is 12.1 Å². The average molecular weight is 314 g/mol. The highest BCUT2D eigenvalue weighted by Crippen LogP contribution is 2.28. The molecule has 0 saturated carbocycles. The number of methoxy groups -OCH3 is 1. The lowest BCUT2D eigenvalue weighted by atomic mass is 9.98. The van der Waals surface area contributed by atoms with Crippen molar-refractivity contribution < 1.29 is 9.53 Å². The number of anilines is 1. The second-order valence-electron chi connectivity index (χ2n) is 5.93. The first-order valence-electron chi connectivity index (χ1n) is 7.77. The van der Waals surface area contributed by atoms with Gasteiger partial charge in [0, 0.05) is 32.1 Å². The Morgan fingerprint density at radius 2 is 2.09 bits per heavy atom. The van der Waals surface area contributed by atoms with Gasteiger partial charge in [0.05, 0.1) is 12.8 Å². The van der Waals surface area contributed by atoms with Crippen molar-refractivity contribution in [2.45, 2.75) is 19.3 Å². The Hall–Kier alpha value is -2.50. The van der Waals surface area contributed by atoms with Crippen molar-refractivity contribution in [1.82, 2.24) is 14.7 Å². The molecule has 1 aromatic carbocycles. The van der Waals surface area contributed by atoms with Crippen molar-refractivity contribution >= 4 is 11.8 Å². The number of aromatic nitrogens is 2. The molecule has 2 aromatic rings. The molecule has 3 rings (SSSR count). The molecule has 23 heavy (non-hydrogen) atoms. The van der Waals surface area contributed by atoms with Gasteiger partial charge >= 0.3 is 6.03 Å². The summed E-state index contributed by atoms with van der Waals surface area (Å²) in [4.78, 5) is 14.3. The van der Waals surface area contributed by atoms with Crippen LogP contribution < -0.4 is 10.1 Å². The lowest BCUT2D eigenvalue weighted by Gasteiger charge is -2.17. The molecule has 0 aliphatic carbocycles. The lowest BCUT2D eigenvalue weighted by molar-refractivity contribution is 0.222. The third-order valence-corrected chi connectivity index (χ3v) is 4.30. The molecule has 6 nitrogen and oxygen atoms in total. The van der Waals surface area contributed by atoms with Gasteiger partial charge in [-0.25, -0.2) is 4.79 Å². The van der Waals surface area contributed by atoms with Gasteiger partial charge in [-0.2, -0.15) is 5.10 Å². The van der Waals surface area contributed by atoms with E-state index in [1.165, 1.54) is 5.56 Å². The summed E-state index contributed by atoms with van der Waals surface area (Å²) >= 11 is 0. The number of ether oxygens (including phenoxy) is 1. The molecule has 1 fully saturated rings. The number of nitrogens with zero attached hydrogens (tertiary/aromatic N) is 3. The van der Waals surface area contributed by atoms with Gasteiger partial charge in [-0.3, -0.25) is 10.00 Å². The van der Waals surface area contributed by atoms with Crippen molar-refractivity contribution in [2.75, 3.05) is 25.5 Å². The Morgan fingerprint density at radius 3 is 2.70 bits per heavy atom. The summed E-state index contributed by atoms with van der Waals surface area (Å²) in [6, 6.07) is 9.90. The fraction of sp³-hybridized carbons (Fsp3) is 0.412. The van der Waals surface area contributed by atoms with Crippen molar-refractivity contribution in [3.63, 3.8) is 0 Å². The molecule has 0 radical (unpaired) electrons. The van der Waals surface area contributed by atoms with Crippen molar-refractivity contribution in [3.05, 3.63) is 41.6 Å². The molecular weight excluding hydrogens is 292 g/mol. The lowest BCUT2D eigenvalue weighted by Crippen LogP contribution is -2.33. The van der Waals surface area contributed by atoms with Crippen LogP contribution in [-0.2, 0) is 7.05 Å². The Kier molecular flexibility index (Phi) is 4.23. The summed E-state index contributed by atoms with van der Waals surface area (Å²) in [5.41, 5.74) is 2.14. The van der Waals surface area contributed by atoms with Gasteiger partial charge in [-0.15, -0.1) is 0 Å². The quantitative estimate of drug-likeness (QED) is 0.947. The van der Waals surface area contributed by atoms with E-state index in [4.69, 9.17) is 4.74 Å². The highest BCUT2D eigenvalue weighted by molar-refractivity contribution is 5.88. The van der Waals surface area contributed by atoms with E-state index >= 15 is 0 Å². The number of aryl methyl sites for hydroxylation is 2. The first-order chi connectivity index (χ1) is 11.1. The van der Waals surface area contributed by atoms with E-state index in [1.807, 2.05) is 37.1 Å². The average Bonchev–Trinajstić information content (AvgIpc) is 3.15. The largest absolute Gasteiger partial charge is 0.497 e. The van der Waals surface area contributed by atoms with Gasteiger partial charge in [0.15, 0.2) is 0 Å². The summed E-state index contributed by atoms with van der Waals surface area (Å²) in [5, 5.41) is 7.17. The number of benzene rings is 1. The maximum atomic E-state index is 12.4. The third-order valence-electron chi connectivity index (χ3n) is 4.30. The number of hydrogen-bond acceptors (Lipinski definition) is 3. The van der Waals surface area contributed by atoms with Crippen molar-refractivity contribution in [2.24, 2.45) is 7.05 Å². The van der Waals surface area contributed by atoms with Crippen LogP contribution in [0.1, 0.15) is 23.6 Å². The van der Waals surface area contributed by atoms with E-state index < -0.39 is 0 Å². The summed E-state index contributed by atoms with van der Waals surface area (Å²) in [5.74, 6) is 1.95. The first-order valence-corrected chi connectivity index (χ1v) is 7.77. The Morgan fingerprint density at radius 1 is 1.35 bits per heavy atom. The zero-order valence-electron chi connectivity index (χ0n) is 13.7. The fourth-order valence-electron chi connectivity index (χ4n) is 3.01. The Balaban J connectivity index is 1.62. The van der Waals surface area contributed by atoms with Crippen molar-refractivity contribution in [1.29, 1.82) is 0 Å². The van der Waals surface area contributed by atoms with Gasteiger partial charge in [0.25, 0.3) is 0 Å². The van der Waals surface area contributed by atoms with E-state index in [9.17, 15) is 4.79 Å². The highest BCUT2D eigenvalue weighted by Gasteiger charge is 2.27. The van der Waals surface area contributed by atoms with Crippen molar-refractivity contribution in [3.8, 4) is 5.75 Å². The number of rotatable bonds is 3. The zero-order valence-corrected chi connectivity index (χ0v) is 13.7. The Bertz CT molecular complexity index is 693. The molecule has 0 bridgehead atoms. The van der Waals surface area contributed by atoms with Crippen LogP contribution in [0.5, 0.6) is 5.75 Å². The minimum Gasteiger partial charge on any atom is -0.497 e. The monoisotopic (exact) mass is 314 g/mol. The standard InChI is InChI=1S/C17H22N4O2/c1-12-10-16(20(2)19-12)18-17(22)21-9-8-14(11-21)13-4-6-15(23-3)7-5-13/h4-7,10,14H,8-9,11H2,1-3H3,(H,18,22)/t14-/m1/s1. The molecule has 1 aromatic heterocycles. The molecule has 1 aliphatic rings. The van der Waals surface area contributed by atoms with Crippen LogP contribution in [0.3, 0.4) is 0 Å². The smallest absolute Gasteiger partial charge is 0.323 e. The minimum absolute atomic E-state index is 0.0657. The second kappa shape index (κ2) is 6.32. The molecule has 0 unspecified atom stereocenters. The predicted octanol–water partition coefficient (Wildman–Crippen LogP) is 2.76. The Labute approximate surface area is 136 Å². The summed E-state index contributed by atoms with van der Waals surface area (Å²) in [6.45, 7) is 3.40. The predicted molar refractivity (Wildman–Crippen MR) is 88.9 cm³/mol. The highest BCUT2D eigenvalue weighted by atomic mass is 16.5. The molecule has 2 amide bonds. The summed E-state index contributed by atoms with van der Waals surface area (Å²) in [7, 11) is 3.49. The number of likely N-dealkylation sites (tertiary alicyclic amines) is 1. The van der Waals surface area contributed by atoms with Crippen LogP contribution in [0.2, 0.25) is 0 Å². The van der Waals surface area contributed by atoms with Crippen LogP contribution >= 0.6 is 0 Å². The van der Waals surface area contributed by atoms with E-state index in [0.717, 1.165) is 36.8 Å². The molecule has 1 N–H and O–H groups in total. The number of carbonyl (C=O) groups is 1. The molecule has 1 saturated heterocycles. The number of amides is 2. The van der Waals surface area contributed by atoms with Crippen LogP contribution in [0.15, 0.2) is 30.3 Å². The molecule has 0 spiro atoms. The number of urea groups is 1. The minimum atomic E-state index is -0.0657. The van der Waals surface area contributed by atoms with E-state index in [-0.39, 0.29) is 6.03 Å². The zero-order chi connectivity index (χ0) is 16.4. The maximum absolute atomic E-state index is 12.4. The third kappa shape index (κ3) is 3.31. The number of carbonyl (C=O) groups excluding carboxylic acids is 1. The fourth-order valence-corrected chi connectivity index (χ4v) is 3.01. The first kappa shape index (κ1) is 15.4. The normalized spacial score (nSPS) is 17.3. The van der Waals surface area contributed by atoms with Gasteiger partial charge in [-0.05, 0) is 31.0 Å². The van der Waals surface area contributed by atoms with Crippen LogP contribution in [0.25, 0.3) is 0 Å². The van der Waals surface area contributed by atoms with Crippen LogP contribution in [0.4, 0.5) is 10.6 Å². The van der Waals surface area contributed by atoms with E-state index in [2.05, 4.69) is 22.5 Å². The molecular formula is C17H22N4O2. The number of hydrogen-bond donors (Lipinski definition) is 1. The number of nitrogens with one attached hydrogen (secondary N) is 1. The summed E-state index contributed by atoms with van der Waals surface area (Å²) in [6.07, 6.45) is 0.976. The van der Waals surface area contributed by atoms with Crippen LogP contribution in [-0.4, -0.2) is 40.9 Å². The second-order valence-corrected chi connectivity index (χ2v) is 5.93. The topological polar surface area (TPSA) is 59.4 Å². The van der Waals surface area contributed by atoms with Crippen LogP contribution in [0, 0.1) is 6.92 Å².